The van der Waals surface area contributed by atoms with Crippen molar-refractivity contribution >= 4 is 41.2 Å². The maximum Gasteiger partial charge on any atom is 0.328 e. The molecule has 8 nitrogen and oxygen atoms in total. The lowest BCUT2D eigenvalue weighted by Crippen LogP contribution is -2.44. The molecule has 0 unspecified atom stereocenters. The number of benzene rings is 1. The van der Waals surface area contributed by atoms with Crippen molar-refractivity contribution in [2.75, 3.05) is 13.2 Å². The van der Waals surface area contributed by atoms with Gasteiger partial charge in [-0.05, 0) is 30.9 Å². The number of amides is 1. The van der Waals surface area contributed by atoms with Crippen LogP contribution in [0, 0.1) is 0 Å². The zero-order chi connectivity index (χ0) is 27.6. The summed E-state index contributed by atoms with van der Waals surface area (Å²) in [7, 11) is 0. The van der Waals surface area contributed by atoms with Crippen LogP contribution in [0.25, 0.3) is 10.9 Å². The van der Waals surface area contributed by atoms with Gasteiger partial charge < -0.3 is 25.5 Å². The average Bonchev–Trinajstić information content (AvgIpc) is 3.33. The zero-order valence-electron chi connectivity index (χ0n) is 23.7. The molecule has 1 heterocycles. The third-order valence-corrected chi connectivity index (χ3v) is 6.69. The zero-order valence-corrected chi connectivity index (χ0v) is 24.5. The summed E-state index contributed by atoms with van der Waals surface area (Å²) in [5, 5.41) is 3.81. The van der Waals surface area contributed by atoms with Crippen molar-refractivity contribution in [2.24, 2.45) is 5.73 Å². The van der Waals surface area contributed by atoms with Crippen molar-refractivity contribution in [2.45, 2.75) is 109 Å². The SMILES string of the molecule is CCCCCCCOC(=O)[C@H](N)CCC(=O)N[C@@H](Cc1c[nH]c2ccccc12)C(=O)OCCCCCCC.Cl. The topological polar surface area (TPSA) is 124 Å². The van der Waals surface area contributed by atoms with Gasteiger partial charge in [0.2, 0.25) is 5.91 Å². The predicted molar refractivity (Wildman–Crippen MR) is 158 cm³/mol. The average molecular weight is 566 g/mol. The van der Waals surface area contributed by atoms with Crippen molar-refractivity contribution < 1.29 is 23.9 Å². The van der Waals surface area contributed by atoms with E-state index in [9.17, 15) is 14.4 Å². The molecular formula is C30H48ClN3O5. The molecule has 1 aromatic heterocycles. The summed E-state index contributed by atoms with van der Waals surface area (Å²) in [4.78, 5) is 41.1. The minimum absolute atomic E-state index is 0. The molecule has 0 aliphatic heterocycles. The number of H-pyrrole nitrogens is 1. The van der Waals surface area contributed by atoms with Crippen LogP contribution in [0.5, 0.6) is 0 Å². The van der Waals surface area contributed by atoms with Gasteiger partial charge in [-0.3, -0.25) is 9.59 Å². The molecule has 9 heteroatoms. The molecule has 1 amide bonds. The number of nitrogens with one attached hydrogen (secondary N) is 2. The number of hydrogen-bond acceptors (Lipinski definition) is 6. The Morgan fingerprint density at radius 3 is 2.10 bits per heavy atom. The molecule has 0 aliphatic rings. The highest BCUT2D eigenvalue weighted by molar-refractivity contribution is 5.87. The number of esters is 2. The summed E-state index contributed by atoms with van der Waals surface area (Å²) in [5.41, 5.74) is 7.84. The number of rotatable bonds is 20. The fourth-order valence-corrected chi connectivity index (χ4v) is 4.35. The number of ether oxygens (including phenoxy) is 2. The number of carbonyl (C=O) groups excluding carboxylic acids is 3. The quantitative estimate of drug-likeness (QED) is 0.139. The number of halogens is 1. The van der Waals surface area contributed by atoms with Gasteiger partial charge in [0.25, 0.3) is 0 Å². The van der Waals surface area contributed by atoms with E-state index in [0.717, 1.165) is 67.8 Å². The Morgan fingerprint density at radius 2 is 1.46 bits per heavy atom. The monoisotopic (exact) mass is 565 g/mol. The summed E-state index contributed by atoms with van der Waals surface area (Å²) < 4.78 is 10.8. The fraction of sp³-hybridized carbons (Fsp3) is 0.633. The van der Waals surface area contributed by atoms with Gasteiger partial charge in [0.15, 0.2) is 0 Å². The number of fused-ring (bicyclic) bond motifs is 1. The largest absolute Gasteiger partial charge is 0.465 e. The summed E-state index contributed by atoms with van der Waals surface area (Å²) in [6.07, 6.45) is 12.9. The molecule has 2 atom stereocenters. The predicted octanol–water partition coefficient (Wildman–Crippen LogP) is 5.75. The third kappa shape index (κ3) is 13.4. The van der Waals surface area contributed by atoms with Crippen LogP contribution in [0.1, 0.15) is 96.5 Å². The number of aromatic nitrogens is 1. The smallest absolute Gasteiger partial charge is 0.328 e. The number of para-hydroxylation sites is 1. The summed E-state index contributed by atoms with van der Waals surface area (Å²) in [6.45, 7) is 4.99. The normalized spacial score (nSPS) is 12.4. The first kappa shape index (κ1) is 34.4. The Morgan fingerprint density at radius 1 is 0.872 bits per heavy atom. The van der Waals surface area contributed by atoms with E-state index < -0.39 is 24.0 Å². The van der Waals surface area contributed by atoms with Crippen molar-refractivity contribution in [3.63, 3.8) is 0 Å². The Hall–Kier alpha value is -2.58. The molecule has 0 radical (unpaired) electrons. The standard InChI is InChI=1S/C30H47N3O5.ClH/c1-3-5-7-9-13-19-37-29(35)25(31)17-18-28(34)33-27(30(36)38-20-14-10-8-6-4-2)21-23-22-32-26-16-12-11-15-24(23)26;/h11-12,15-16,22,25,27,32H,3-10,13-14,17-21,31H2,1-2H3,(H,33,34);1H/t25-,27+;/m1./s1. The molecule has 39 heavy (non-hydrogen) atoms. The van der Waals surface area contributed by atoms with Crippen LogP contribution in [0.3, 0.4) is 0 Å². The minimum Gasteiger partial charge on any atom is -0.465 e. The van der Waals surface area contributed by atoms with Crippen LogP contribution in [-0.4, -0.2) is 48.1 Å². The molecule has 2 aromatic rings. The van der Waals surface area contributed by atoms with Crippen LogP contribution in [0.4, 0.5) is 0 Å². The molecule has 0 aliphatic carbocycles. The Balaban J connectivity index is 0.00000760. The van der Waals surface area contributed by atoms with Crippen LogP contribution >= 0.6 is 12.4 Å². The lowest BCUT2D eigenvalue weighted by molar-refractivity contribution is -0.148. The van der Waals surface area contributed by atoms with Gasteiger partial charge in [0.05, 0.1) is 13.2 Å². The van der Waals surface area contributed by atoms with Crippen LogP contribution in [-0.2, 0) is 30.3 Å². The fourth-order valence-electron chi connectivity index (χ4n) is 4.35. The van der Waals surface area contributed by atoms with E-state index in [2.05, 4.69) is 24.1 Å². The second-order valence-corrected chi connectivity index (χ2v) is 9.99. The maximum absolute atomic E-state index is 12.9. The number of unbranched alkanes of at least 4 members (excludes halogenated alkanes) is 8. The highest BCUT2D eigenvalue weighted by atomic mass is 35.5. The lowest BCUT2D eigenvalue weighted by atomic mass is 10.0. The Labute approximate surface area is 239 Å². The van der Waals surface area contributed by atoms with Gasteiger partial charge in [-0.15, -0.1) is 12.4 Å². The molecule has 0 saturated heterocycles. The molecule has 2 rings (SSSR count). The van der Waals surface area contributed by atoms with Crippen molar-refractivity contribution in [1.82, 2.24) is 10.3 Å². The van der Waals surface area contributed by atoms with Crippen molar-refractivity contribution in [1.29, 1.82) is 0 Å². The second-order valence-electron chi connectivity index (χ2n) is 9.99. The van der Waals surface area contributed by atoms with Gasteiger partial charge >= 0.3 is 11.9 Å². The summed E-state index contributed by atoms with van der Waals surface area (Å²) in [6, 6.07) is 6.12. The molecule has 4 N–H and O–H groups in total. The molecule has 0 bridgehead atoms. The summed E-state index contributed by atoms with van der Waals surface area (Å²) in [5.74, 6) is -1.30. The highest BCUT2D eigenvalue weighted by Crippen LogP contribution is 2.19. The van der Waals surface area contributed by atoms with E-state index in [-0.39, 0.29) is 31.2 Å². The molecular weight excluding hydrogens is 518 g/mol. The van der Waals surface area contributed by atoms with Gasteiger partial charge in [-0.2, -0.15) is 0 Å². The van der Waals surface area contributed by atoms with E-state index in [1.807, 2.05) is 30.5 Å². The molecule has 220 valence electrons. The maximum atomic E-state index is 12.9. The molecule has 0 spiro atoms. The van der Waals surface area contributed by atoms with Crippen LogP contribution < -0.4 is 11.1 Å². The van der Waals surface area contributed by atoms with Gasteiger partial charge in [-0.1, -0.05) is 83.4 Å². The van der Waals surface area contributed by atoms with Crippen molar-refractivity contribution in [3.05, 3.63) is 36.0 Å². The van der Waals surface area contributed by atoms with Crippen molar-refractivity contribution in [3.8, 4) is 0 Å². The highest BCUT2D eigenvalue weighted by Gasteiger charge is 2.25. The number of aromatic amines is 1. The second kappa shape index (κ2) is 20.3. The first-order valence-electron chi connectivity index (χ1n) is 14.4. The van der Waals surface area contributed by atoms with Crippen LogP contribution in [0.15, 0.2) is 30.5 Å². The first-order valence-corrected chi connectivity index (χ1v) is 14.4. The Kier molecular flexibility index (Phi) is 18.0. The minimum atomic E-state index is -0.876. The van der Waals surface area contributed by atoms with E-state index in [0.29, 0.717) is 19.6 Å². The van der Waals surface area contributed by atoms with Gasteiger partial charge in [0.1, 0.15) is 12.1 Å². The number of carbonyl (C=O) groups is 3. The lowest BCUT2D eigenvalue weighted by Gasteiger charge is -2.18. The molecule has 1 aromatic carbocycles. The number of nitrogens with two attached hydrogens (primary N) is 1. The molecule has 0 fully saturated rings. The van der Waals surface area contributed by atoms with E-state index in [4.69, 9.17) is 15.2 Å². The van der Waals surface area contributed by atoms with E-state index >= 15 is 0 Å². The van der Waals surface area contributed by atoms with E-state index in [1.165, 1.54) is 12.8 Å². The third-order valence-electron chi connectivity index (χ3n) is 6.69. The van der Waals surface area contributed by atoms with Gasteiger partial charge in [0, 0.05) is 29.9 Å². The summed E-state index contributed by atoms with van der Waals surface area (Å²) >= 11 is 0. The van der Waals surface area contributed by atoms with E-state index in [1.54, 1.807) is 0 Å². The van der Waals surface area contributed by atoms with Gasteiger partial charge in [-0.25, -0.2) is 4.79 Å². The number of hydrogen-bond donors (Lipinski definition) is 3. The van der Waals surface area contributed by atoms with Crippen LogP contribution in [0.2, 0.25) is 0 Å². The Bertz CT molecular complexity index is 980. The first-order chi connectivity index (χ1) is 18.5. The molecule has 0 saturated carbocycles.